The third kappa shape index (κ3) is 9.37. The first-order valence-corrected chi connectivity index (χ1v) is 20.7. The summed E-state index contributed by atoms with van der Waals surface area (Å²) in [5, 5.41) is 10.6. The van der Waals surface area contributed by atoms with Crippen LogP contribution in [-0.4, -0.2) is 58.5 Å². The molecule has 9 nitrogen and oxygen atoms in total. The van der Waals surface area contributed by atoms with Gasteiger partial charge < -0.3 is 24.1 Å². The summed E-state index contributed by atoms with van der Waals surface area (Å²) in [6, 6.07) is 0. The quantitative estimate of drug-likeness (QED) is 0.182. The first-order chi connectivity index (χ1) is 24.1. The lowest BCUT2D eigenvalue weighted by atomic mass is 9.52. The van der Waals surface area contributed by atoms with Crippen LogP contribution in [0.5, 0.6) is 0 Å². The van der Waals surface area contributed by atoms with Crippen molar-refractivity contribution in [2.45, 2.75) is 208 Å². The Morgan fingerprint density at radius 2 is 1.19 bits per heavy atom. The van der Waals surface area contributed by atoms with Crippen molar-refractivity contribution in [3.63, 3.8) is 0 Å². The van der Waals surface area contributed by atoms with Crippen LogP contribution in [0.1, 0.15) is 185 Å². The van der Waals surface area contributed by atoms with E-state index in [2.05, 4.69) is 13.8 Å². The first-order valence-electron chi connectivity index (χ1n) is 20.7. The maximum Gasteiger partial charge on any atom is 0.347 e. The molecule has 0 aromatic carbocycles. The Hall–Kier alpha value is -2.16. The number of ether oxygens (including phenoxy) is 4. The Balaban J connectivity index is 0.000000177. The zero-order chi connectivity index (χ0) is 38.8. The molecule has 1 heterocycles. The molecule has 1 spiro atoms. The number of hydrogen-bond donors (Lipinski definition) is 1. The molecule has 4 bridgehead atoms. The van der Waals surface area contributed by atoms with Crippen molar-refractivity contribution < 1.29 is 43.2 Å². The number of esters is 4. The van der Waals surface area contributed by atoms with Gasteiger partial charge in [0.05, 0.1) is 28.5 Å². The van der Waals surface area contributed by atoms with Gasteiger partial charge in [-0.2, -0.15) is 0 Å². The highest BCUT2D eigenvalue weighted by Crippen LogP contribution is 2.59. The summed E-state index contributed by atoms with van der Waals surface area (Å²) in [4.78, 5) is 47.5. The molecule has 7 fully saturated rings. The molecule has 1 aliphatic heterocycles. The molecular formula is C43H72O9. The second-order valence-corrected chi connectivity index (χ2v) is 19.6. The van der Waals surface area contributed by atoms with Crippen molar-refractivity contribution in [3.05, 3.63) is 0 Å². The minimum atomic E-state index is -0.687. The molecule has 4 atom stereocenters. The zero-order valence-electron chi connectivity index (χ0n) is 34.4. The first kappa shape index (κ1) is 42.6. The summed E-state index contributed by atoms with van der Waals surface area (Å²) < 4.78 is 21.9. The van der Waals surface area contributed by atoms with Crippen LogP contribution in [0, 0.1) is 33.5 Å². The SMILES string of the molecule is CCC(C)(C)C(=O)OC1(C)CCCCC12CCCC2.CCC(C)(C)C(=O)OC12CC3CC(CC(O)(C3)C1)C2.CCC(C)(C)C(=O)OC1CCOC1=O. The number of hydrogen-bond acceptors (Lipinski definition) is 9. The van der Waals surface area contributed by atoms with Gasteiger partial charge in [0, 0.05) is 18.3 Å². The van der Waals surface area contributed by atoms with E-state index in [0.29, 0.717) is 37.7 Å². The van der Waals surface area contributed by atoms with Gasteiger partial charge in [-0.3, -0.25) is 14.4 Å². The van der Waals surface area contributed by atoms with Crippen molar-refractivity contribution >= 4 is 23.9 Å². The van der Waals surface area contributed by atoms with Gasteiger partial charge >= 0.3 is 23.9 Å². The molecule has 6 saturated carbocycles. The molecule has 0 amide bonds. The summed E-state index contributed by atoms with van der Waals surface area (Å²) in [6.45, 7) is 20.1. The minimum absolute atomic E-state index is 0.00525. The number of rotatable bonds is 9. The van der Waals surface area contributed by atoms with Crippen LogP contribution in [0.25, 0.3) is 0 Å². The molecule has 0 aromatic heterocycles. The van der Waals surface area contributed by atoms with Crippen LogP contribution in [0.2, 0.25) is 0 Å². The predicted octanol–water partition coefficient (Wildman–Crippen LogP) is 9.19. The summed E-state index contributed by atoms with van der Waals surface area (Å²) in [5.41, 5.74) is -2.13. The highest BCUT2D eigenvalue weighted by atomic mass is 16.6. The van der Waals surface area contributed by atoms with E-state index in [0.717, 1.165) is 44.9 Å². The number of carbonyl (C=O) groups is 4. The third-order valence-electron chi connectivity index (χ3n) is 14.3. The average Bonchev–Trinajstić information content (AvgIpc) is 3.71. The highest BCUT2D eigenvalue weighted by Gasteiger charge is 2.60. The van der Waals surface area contributed by atoms with E-state index in [1.54, 1.807) is 13.8 Å². The van der Waals surface area contributed by atoms with Gasteiger partial charge in [-0.25, -0.2) is 4.79 Å². The molecule has 1 saturated heterocycles. The van der Waals surface area contributed by atoms with Crippen molar-refractivity contribution in [2.75, 3.05) is 6.61 Å². The molecule has 52 heavy (non-hydrogen) atoms. The van der Waals surface area contributed by atoms with Crippen LogP contribution in [0.4, 0.5) is 0 Å². The van der Waals surface area contributed by atoms with Gasteiger partial charge in [-0.15, -0.1) is 0 Å². The van der Waals surface area contributed by atoms with Gasteiger partial charge in [0.1, 0.15) is 11.2 Å². The van der Waals surface area contributed by atoms with Gasteiger partial charge in [0.15, 0.2) is 0 Å². The molecule has 6 aliphatic carbocycles. The van der Waals surface area contributed by atoms with E-state index in [9.17, 15) is 24.3 Å². The van der Waals surface area contributed by atoms with Gasteiger partial charge in [0.25, 0.3) is 0 Å². The molecule has 4 unspecified atom stereocenters. The van der Waals surface area contributed by atoms with E-state index >= 15 is 0 Å². The van der Waals surface area contributed by atoms with Crippen molar-refractivity contribution in [1.29, 1.82) is 0 Å². The van der Waals surface area contributed by atoms with Crippen molar-refractivity contribution in [1.82, 2.24) is 0 Å². The number of aliphatic hydroxyl groups is 1. The van der Waals surface area contributed by atoms with Crippen LogP contribution in [0.15, 0.2) is 0 Å². The van der Waals surface area contributed by atoms with Gasteiger partial charge in [0.2, 0.25) is 6.10 Å². The Kier molecular flexibility index (Phi) is 13.0. The fourth-order valence-electron chi connectivity index (χ4n) is 9.68. The zero-order valence-corrected chi connectivity index (χ0v) is 34.4. The maximum absolute atomic E-state index is 12.5. The number of carbonyl (C=O) groups excluding carboxylic acids is 4. The summed E-state index contributed by atoms with van der Waals surface area (Å²) in [5.74, 6) is 0.285. The molecule has 7 aliphatic rings. The molecular weight excluding hydrogens is 660 g/mol. The highest BCUT2D eigenvalue weighted by molar-refractivity contribution is 5.82. The Morgan fingerprint density at radius 1 is 0.731 bits per heavy atom. The van der Waals surface area contributed by atoms with E-state index < -0.39 is 28.5 Å². The molecule has 1 N–H and O–H groups in total. The summed E-state index contributed by atoms with van der Waals surface area (Å²) in [7, 11) is 0. The van der Waals surface area contributed by atoms with Gasteiger partial charge in [-0.05, 0) is 144 Å². The smallest absolute Gasteiger partial charge is 0.347 e. The predicted molar refractivity (Wildman–Crippen MR) is 200 cm³/mol. The third-order valence-corrected chi connectivity index (χ3v) is 14.3. The molecule has 0 aromatic rings. The average molecular weight is 733 g/mol. The van der Waals surface area contributed by atoms with E-state index in [-0.39, 0.29) is 39.9 Å². The molecule has 9 heteroatoms. The summed E-state index contributed by atoms with van der Waals surface area (Å²) >= 11 is 0. The maximum atomic E-state index is 12.5. The second kappa shape index (κ2) is 15.9. The Labute approximate surface area is 314 Å². The largest absolute Gasteiger partial charge is 0.463 e. The standard InChI is InChI=1S/C17H30O2.C16H26O3.C10H16O4/c1-5-15(2,3)14(18)19-16(4)10-6-7-11-17(16)12-8-9-13-17;1-4-14(2,3)13(17)19-16-8-11-5-12(9-16)7-15(18,6-11)10-16;1-4-10(2,3)9(12)14-7-5-6-13-8(7)11/h5-13H2,1-4H3;11-12,18H,4-10H2,1-3H3;7H,4-6H2,1-3H3. The van der Waals surface area contributed by atoms with E-state index in [1.807, 2.05) is 41.5 Å². The molecule has 0 radical (unpaired) electrons. The van der Waals surface area contributed by atoms with Crippen molar-refractivity contribution in [2.24, 2.45) is 33.5 Å². The van der Waals surface area contributed by atoms with Gasteiger partial charge in [-0.1, -0.05) is 40.0 Å². The topological polar surface area (TPSA) is 125 Å². The van der Waals surface area contributed by atoms with Crippen LogP contribution < -0.4 is 0 Å². The molecule has 7 rings (SSSR count). The minimum Gasteiger partial charge on any atom is -0.463 e. The molecule has 298 valence electrons. The van der Waals surface area contributed by atoms with Crippen LogP contribution in [-0.2, 0) is 38.1 Å². The van der Waals surface area contributed by atoms with Crippen molar-refractivity contribution in [3.8, 4) is 0 Å². The Morgan fingerprint density at radius 3 is 1.63 bits per heavy atom. The van der Waals surface area contributed by atoms with E-state index in [4.69, 9.17) is 18.9 Å². The summed E-state index contributed by atoms with van der Waals surface area (Å²) in [6.07, 6.45) is 17.7. The second-order valence-electron chi connectivity index (χ2n) is 19.6. The van der Waals surface area contributed by atoms with E-state index in [1.165, 1.54) is 51.4 Å². The fraction of sp³-hybridized carbons (Fsp3) is 0.907. The number of cyclic esters (lactones) is 1. The Bertz CT molecular complexity index is 1280. The monoisotopic (exact) mass is 733 g/mol. The van der Waals surface area contributed by atoms with Crippen LogP contribution >= 0.6 is 0 Å². The van der Waals surface area contributed by atoms with Crippen LogP contribution in [0.3, 0.4) is 0 Å². The fourth-order valence-corrected chi connectivity index (χ4v) is 9.68. The lowest BCUT2D eigenvalue weighted by Crippen LogP contribution is -2.61. The normalized spacial score (nSPS) is 33.3. The lowest BCUT2D eigenvalue weighted by Gasteiger charge is -2.59. The lowest BCUT2D eigenvalue weighted by molar-refractivity contribution is -0.225.